The highest BCUT2D eigenvalue weighted by Crippen LogP contribution is 2.73. The minimum Gasteiger partial charge on any atom is -0.544 e. The molecule has 4 rings (SSSR count). The number of rotatable bonds is 6. The predicted molar refractivity (Wildman–Crippen MR) is 188 cm³/mol. The van der Waals surface area contributed by atoms with Crippen LogP contribution in [0.2, 0.25) is 54.4 Å². The van der Waals surface area contributed by atoms with Gasteiger partial charge in [0.1, 0.15) is 5.76 Å². The summed E-state index contributed by atoms with van der Waals surface area (Å²) in [6, 6.07) is 0. The summed E-state index contributed by atoms with van der Waals surface area (Å²) in [7, 11) is -6.22. The van der Waals surface area contributed by atoms with Crippen molar-refractivity contribution in [1.29, 1.82) is 0 Å². The van der Waals surface area contributed by atoms with Crippen molar-refractivity contribution >= 4 is 25.0 Å². The van der Waals surface area contributed by atoms with Crippen molar-refractivity contribution in [3.8, 4) is 0 Å². The van der Waals surface area contributed by atoms with E-state index in [0.717, 1.165) is 19.3 Å². The second-order valence-electron chi connectivity index (χ2n) is 20.1. The van der Waals surface area contributed by atoms with Gasteiger partial charge in [-0.2, -0.15) is 0 Å². The fourth-order valence-electron chi connectivity index (χ4n) is 8.00. The van der Waals surface area contributed by atoms with Gasteiger partial charge in [0.25, 0.3) is 0 Å². The molecular formula is C36H68O3Si3. The molecule has 0 N–H and O–H groups in total. The highest BCUT2D eigenvalue weighted by Gasteiger charge is 2.73. The van der Waals surface area contributed by atoms with Crippen molar-refractivity contribution in [2.24, 2.45) is 28.6 Å². The molecule has 0 saturated heterocycles. The van der Waals surface area contributed by atoms with Crippen molar-refractivity contribution < 1.29 is 13.3 Å². The van der Waals surface area contributed by atoms with Gasteiger partial charge in [-0.25, -0.2) is 0 Å². The molecule has 242 valence electrons. The molecule has 3 fully saturated rings. The third kappa shape index (κ3) is 5.17. The van der Waals surface area contributed by atoms with Crippen LogP contribution in [-0.4, -0.2) is 36.7 Å². The van der Waals surface area contributed by atoms with E-state index in [1.165, 1.54) is 12.2 Å². The molecule has 4 aliphatic rings. The molecule has 0 spiro atoms. The van der Waals surface area contributed by atoms with Gasteiger partial charge in [0.05, 0.1) is 11.7 Å². The van der Waals surface area contributed by atoms with Gasteiger partial charge in [-0.05, 0) is 109 Å². The molecule has 0 heterocycles. The Labute approximate surface area is 264 Å². The first kappa shape index (κ1) is 34.7. The third-order valence-electron chi connectivity index (χ3n) is 14.3. The molecule has 0 aromatic rings. The van der Waals surface area contributed by atoms with Crippen LogP contribution in [-0.2, 0) is 13.3 Å². The Morgan fingerprint density at radius 1 is 0.738 bits per heavy atom. The lowest BCUT2D eigenvalue weighted by molar-refractivity contribution is -0.107. The number of hydrogen-bond donors (Lipinski definition) is 0. The quantitative estimate of drug-likeness (QED) is 0.273. The van der Waals surface area contributed by atoms with E-state index in [1.54, 1.807) is 5.57 Å². The average Bonchev–Trinajstić information content (AvgIpc) is 3.10. The monoisotopic (exact) mass is 632 g/mol. The highest BCUT2D eigenvalue weighted by molar-refractivity contribution is 6.75. The zero-order valence-electron chi connectivity index (χ0n) is 31.0. The summed E-state index contributed by atoms with van der Waals surface area (Å²) in [4.78, 5) is 0. The topological polar surface area (TPSA) is 27.7 Å². The molecule has 0 aliphatic heterocycles. The van der Waals surface area contributed by atoms with E-state index in [9.17, 15) is 0 Å². The maximum Gasteiger partial charge on any atom is 0.250 e. The molecular weight excluding hydrogens is 565 g/mol. The van der Waals surface area contributed by atoms with Crippen molar-refractivity contribution in [3.05, 3.63) is 23.5 Å². The normalized spacial score (nSPS) is 35.4. The molecule has 0 aromatic heterocycles. The Balaban J connectivity index is 2.01. The third-order valence-corrected chi connectivity index (χ3v) is 27.6. The van der Waals surface area contributed by atoms with Gasteiger partial charge in [-0.15, -0.1) is 0 Å². The molecule has 3 bridgehead atoms. The maximum absolute atomic E-state index is 8.04. The Bertz CT molecular complexity index is 1130. The molecule has 0 radical (unpaired) electrons. The van der Waals surface area contributed by atoms with Crippen molar-refractivity contribution in [2.45, 2.75) is 175 Å². The van der Waals surface area contributed by atoms with E-state index in [4.69, 9.17) is 13.3 Å². The van der Waals surface area contributed by atoms with Gasteiger partial charge >= 0.3 is 0 Å². The molecule has 42 heavy (non-hydrogen) atoms. The predicted octanol–water partition coefficient (Wildman–Crippen LogP) is 11.5. The van der Waals surface area contributed by atoms with Gasteiger partial charge in [-0.3, -0.25) is 0 Å². The van der Waals surface area contributed by atoms with E-state index in [0.29, 0.717) is 17.8 Å². The fourth-order valence-corrected chi connectivity index (χ4v) is 12.1. The van der Waals surface area contributed by atoms with Crippen LogP contribution in [0.4, 0.5) is 0 Å². The lowest BCUT2D eigenvalue weighted by Crippen LogP contribution is -2.62. The summed E-state index contributed by atoms with van der Waals surface area (Å²) in [5.74, 6) is 2.70. The van der Waals surface area contributed by atoms with Crippen LogP contribution in [0, 0.1) is 28.6 Å². The first-order valence-electron chi connectivity index (χ1n) is 17.0. The molecule has 0 aromatic carbocycles. The van der Waals surface area contributed by atoms with Crippen LogP contribution in [0.15, 0.2) is 23.5 Å². The second-order valence-corrected chi connectivity index (χ2v) is 34.3. The summed E-state index contributed by atoms with van der Waals surface area (Å²) in [5, 5.41) is 0.454. The van der Waals surface area contributed by atoms with E-state index >= 15 is 0 Å². The van der Waals surface area contributed by atoms with Gasteiger partial charge in [0.2, 0.25) is 8.32 Å². The highest BCUT2D eigenvalue weighted by atomic mass is 28.4. The lowest BCUT2D eigenvalue weighted by atomic mass is 9.58. The van der Waals surface area contributed by atoms with Gasteiger partial charge in [0.15, 0.2) is 16.6 Å². The van der Waals surface area contributed by atoms with Crippen LogP contribution in [0.3, 0.4) is 0 Å². The fraction of sp³-hybridized carbons (Fsp3) is 0.889. The van der Waals surface area contributed by atoms with Crippen LogP contribution in [0.1, 0.15) is 109 Å². The Morgan fingerprint density at radius 3 is 1.76 bits per heavy atom. The Hall–Kier alpha value is -0.149. The number of fused-ring (bicyclic) bond motifs is 4. The number of allylic oxidation sites excluding steroid dienone is 2. The molecule has 0 amide bonds. The van der Waals surface area contributed by atoms with Crippen LogP contribution >= 0.6 is 0 Å². The Kier molecular flexibility index (Phi) is 8.20. The summed E-state index contributed by atoms with van der Waals surface area (Å²) >= 11 is 0. The minimum absolute atomic E-state index is 0.103. The van der Waals surface area contributed by atoms with E-state index in [1.807, 2.05) is 0 Å². The molecule has 2 unspecified atom stereocenters. The zero-order chi connectivity index (χ0) is 32.3. The summed E-state index contributed by atoms with van der Waals surface area (Å²) < 4.78 is 23.0. The van der Waals surface area contributed by atoms with Gasteiger partial charge < -0.3 is 13.3 Å². The minimum atomic E-state index is -2.14. The summed E-state index contributed by atoms with van der Waals surface area (Å²) in [6.07, 6.45) is 9.46. The molecule has 3 nitrogen and oxygen atoms in total. The van der Waals surface area contributed by atoms with Crippen LogP contribution in [0.25, 0.3) is 0 Å². The van der Waals surface area contributed by atoms with Crippen molar-refractivity contribution in [3.63, 3.8) is 0 Å². The second kappa shape index (κ2) is 9.92. The zero-order valence-corrected chi connectivity index (χ0v) is 34.0. The van der Waals surface area contributed by atoms with Crippen molar-refractivity contribution in [1.82, 2.24) is 0 Å². The largest absolute Gasteiger partial charge is 0.544 e. The SMILES string of the molecule is CC1(C)[C@@H]2CC3[C@H](O[Si](C)(C)C(C)(C)C)[C@H]1CC1=C(O[Si](C)(C)C(C)(C)C)C=CC[C@@]1(C)C3(O[Si](C)(C)C(C)(C)C)C2. The molecule has 4 aliphatic carbocycles. The van der Waals surface area contributed by atoms with Crippen LogP contribution in [0.5, 0.6) is 0 Å². The number of hydrogen-bond acceptors (Lipinski definition) is 3. The lowest BCUT2D eigenvalue weighted by Gasteiger charge is -2.57. The van der Waals surface area contributed by atoms with Crippen LogP contribution < -0.4 is 0 Å². The standard InChI is InChI=1S/C36H68O3Si3/c1-31(2,3)40(13,14)37-29-20-19-21-35(12)26(29)23-27-30(38-41(15,16)32(4,5)6)28-22-25(34(27,10)11)24-36(28,35)39-42(17,18)33(7,8)9/h19-20,25,27-28,30H,21-24H2,1-18H3/t25-,27-,28?,30-,35-,36?/m1/s1. The Morgan fingerprint density at radius 2 is 1.26 bits per heavy atom. The summed E-state index contributed by atoms with van der Waals surface area (Å²) in [6.45, 7) is 44.0. The van der Waals surface area contributed by atoms with E-state index in [-0.39, 0.29) is 37.6 Å². The smallest absolute Gasteiger partial charge is 0.250 e. The molecule has 3 saturated carbocycles. The summed E-state index contributed by atoms with van der Waals surface area (Å²) in [5.41, 5.74) is 1.37. The maximum atomic E-state index is 8.04. The van der Waals surface area contributed by atoms with E-state index < -0.39 is 25.0 Å². The van der Waals surface area contributed by atoms with Gasteiger partial charge in [-0.1, -0.05) is 89.2 Å². The average molecular weight is 633 g/mol. The van der Waals surface area contributed by atoms with Gasteiger partial charge in [0, 0.05) is 11.3 Å². The first-order valence-corrected chi connectivity index (χ1v) is 25.7. The first-order chi connectivity index (χ1) is 18.5. The van der Waals surface area contributed by atoms with Crippen molar-refractivity contribution in [2.75, 3.05) is 0 Å². The molecule has 6 atom stereocenters. The molecule has 6 heteroatoms. The van der Waals surface area contributed by atoms with E-state index in [2.05, 4.69) is 135 Å².